The standard InChI is InChI=1S/C22H24N2O4/c1-5-23-21(27)24-22(17-11-10-14(13(2)3)12-18(17)28-4)19(25)15-8-6-7-9-16(15)20(22)26/h6-13H,5H2,1-4H3,(H2,23,24,27). The van der Waals surface area contributed by atoms with Crippen molar-refractivity contribution in [1.29, 1.82) is 0 Å². The Morgan fingerprint density at radius 2 is 1.68 bits per heavy atom. The van der Waals surface area contributed by atoms with Crippen molar-refractivity contribution in [1.82, 2.24) is 10.6 Å². The fourth-order valence-electron chi connectivity index (χ4n) is 3.56. The van der Waals surface area contributed by atoms with E-state index < -0.39 is 23.1 Å². The number of urea groups is 1. The lowest BCUT2D eigenvalue weighted by Gasteiger charge is -2.29. The highest BCUT2D eigenvalue weighted by Crippen LogP contribution is 2.42. The Kier molecular flexibility index (Phi) is 5.23. The molecule has 1 aliphatic carbocycles. The normalized spacial score (nSPS) is 14.8. The second-order valence-corrected chi connectivity index (χ2v) is 7.05. The van der Waals surface area contributed by atoms with E-state index in [4.69, 9.17) is 4.74 Å². The summed E-state index contributed by atoms with van der Waals surface area (Å²) in [5.41, 5.74) is 0.0589. The van der Waals surface area contributed by atoms with Crippen LogP contribution in [0.25, 0.3) is 0 Å². The van der Waals surface area contributed by atoms with E-state index >= 15 is 0 Å². The molecule has 6 heteroatoms. The molecule has 0 bridgehead atoms. The van der Waals surface area contributed by atoms with Gasteiger partial charge in [0.1, 0.15) is 5.75 Å². The zero-order valence-electron chi connectivity index (χ0n) is 16.5. The van der Waals surface area contributed by atoms with Gasteiger partial charge in [0, 0.05) is 23.2 Å². The molecule has 28 heavy (non-hydrogen) atoms. The molecular weight excluding hydrogens is 356 g/mol. The van der Waals surface area contributed by atoms with E-state index in [1.165, 1.54) is 7.11 Å². The number of carbonyl (C=O) groups is 3. The summed E-state index contributed by atoms with van der Waals surface area (Å²) in [5, 5.41) is 5.26. The van der Waals surface area contributed by atoms with Gasteiger partial charge in [-0.15, -0.1) is 0 Å². The number of ketones is 2. The minimum atomic E-state index is -1.86. The number of methoxy groups -OCH3 is 1. The van der Waals surface area contributed by atoms with E-state index in [0.717, 1.165) is 5.56 Å². The molecule has 0 unspecified atom stereocenters. The highest BCUT2D eigenvalue weighted by Gasteiger charge is 2.56. The molecule has 2 amide bonds. The van der Waals surface area contributed by atoms with Crippen LogP contribution < -0.4 is 15.4 Å². The first-order chi connectivity index (χ1) is 13.4. The summed E-state index contributed by atoms with van der Waals surface area (Å²) in [6.45, 7) is 6.20. The van der Waals surface area contributed by atoms with Gasteiger partial charge in [0.2, 0.25) is 11.6 Å². The van der Waals surface area contributed by atoms with E-state index in [1.54, 1.807) is 37.3 Å². The molecule has 1 aliphatic rings. The third-order valence-electron chi connectivity index (χ3n) is 5.03. The monoisotopic (exact) mass is 380 g/mol. The van der Waals surface area contributed by atoms with E-state index in [2.05, 4.69) is 10.6 Å². The van der Waals surface area contributed by atoms with E-state index in [1.807, 2.05) is 26.0 Å². The minimum absolute atomic E-state index is 0.238. The van der Waals surface area contributed by atoms with Gasteiger partial charge in [-0.25, -0.2) is 4.79 Å². The van der Waals surface area contributed by atoms with E-state index in [9.17, 15) is 14.4 Å². The first-order valence-corrected chi connectivity index (χ1v) is 9.29. The highest BCUT2D eigenvalue weighted by atomic mass is 16.5. The maximum atomic E-state index is 13.4. The van der Waals surface area contributed by atoms with Gasteiger partial charge in [-0.3, -0.25) is 9.59 Å². The average molecular weight is 380 g/mol. The molecule has 0 heterocycles. The molecule has 2 aromatic rings. The lowest BCUT2D eigenvalue weighted by Crippen LogP contribution is -2.56. The van der Waals surface area contributed by atoms with Crippen molar-refractivity contribution in [2.24, 2.45) is 0 Å². The SMILES string of the molecule is CCNC(=O)NC1(c2ccc(C(C)C)cc2OC)C(=O)c2ccccc2C1=O. The number of benzene rings is 2. The van der Waals surface area contributed by atoms with Crippen molar-refractivity contribution in [2.45, 2.75) is 32.2 Å². The number of fused-ring (bicyclic) bond motifs is 1. The third kappa shape index (κ3) is 2.95. The van der Waals surface area contributed by atoms with Crippen molar-refractivity contribution in [3.05, 3.63) is 64.7 Å². The Morgan fingerprint density at radius 1 is 1.07 bits per heavy atom. The number of hydrogen-bond acceptors (Lipinski definition) is 4. The predicted molar refractivity (Wildman–Crippen MR) is 106 cm³/mol. The summed E-state index contributed by atoms with van der Waals surface area (Å²) in [7, 11) is 1.49. The Balaban J connectivity index is 2.24. The van der Waals surface area contributed by atoms with Crippen LogP contribution >= 0.6 is 0 Å². The molecule has 0 atom stereocenters. The van der Waals surface area contributed by atoms with Crippen LogP contribution in [0.15, 0.2) is 42.5 Å². The minimum Gasteiger partial charge on any atom is -0.496 e. The first kappa shape index (κ1) is 19.6. The number of nitrogens with one attached hydrogen (secondary N) is 2. The zero-order valence-corrected chi connectivity index (χ0v) is 16.5. The molecular formula is C22H24N2O4. The fraction of sp³-hybridized carbons (Fsp3) is 0.318. The van der Waals surface area contributed by atoms with Crippen LogP contribution in [0, 0.1) is 0 Å². The molecule has 0 radical (unpaired) electrons. The topological polar surface area (TPSA) is 84.5 Å². The zero-order chi connectivity index (χ0) is 20.5. The maximum Gasteiger partial charge on any atom is 0.316 e. The molecule has 0 aromatic heterocycles. The summed E-state index contributed by atoms with van der Waals surface area (Å²) in [6, 6.07) is 11.4. The number of ether oxygens (including phenoxy) is 1. The average Bonchev–Trinajstić information content (AvgIpc) is 2.90. The Hall–Kier alpha value is -3.15. The summed E-state index contributed by atoms with van der Waals surface area (Å²) in [4.78, 5) is 39.3. The second kappa shape index (κ2) is 7.46. The van der Waals surface area contributed by atoms with Crippen LogP contribution in [0.5, 0.6) is 5.75 Å². The molecule has 146 valence electrons. The molecule has 0 spiro atoms. The van der Waals surface area contributed by atoms with Crippen LogP contribution in [0.1, 0.15) is 58.5 Å². The molecule has 3 rings (SSSR count). The summed E-state index contributed by atoms with van der Waals surface area (Å²) < 4.78 is 5.53. The number of hydrogen-bond donors (Lipinski definition) is 2. The highest BCUT2D eigenvalue weighted by molar-refractivity contribution is 6.34. The van der Waals surface area contributed by atoms with Crippen LogP contribution in [0.2, 0.25) is 0 Å². The molecule has 6 nitrogen and oxygen atoms in total. The van der Waals surface area contributed by atoms with Gasteiger partial charge >= 0.3 is 6.03 Å². The van der Waals surface area contributed by atoms with Gasteiger partial charge in [0.05, 0.1) is 7.11 Å². The van der Waals surface area contributed by atoms with Gasteiger partial charge in [-0.05, 0) is 24.5 Å². The smallest absolute Gasteiger partial charge is 0.316 e. The number of amides is 2. The molecule has 2 aromatic carbocycles. The van der Waals surface area contributed by atoms with Gasteiger partial charge in [-0.1, -0.05) is 50.2 Å². The quantitative estimate of drug-likeness (QED) is 0.779. The summed E-state index contributed by atoms with van der Waals surface area (Å²) in [5.74, 6) is -0.301. The van der Waals surface area contributed by atoms with Crippen molar-refractivity contribution in [3.8, 4) is 5.75 Å². The summed E-state index contributed by atoms with van der Waals surface area (Å²) in [6.07, 6.45) is 0. The Labute approximate surface area is 164 Å². The predicted octanol–water partition coefficient (Wildman–Crippen LogP) is 3.41. The number of rotatable bonds is 5. The van der Waals surface area contributed by atoms with Crippen molar-refractivity contribution in [3.63, 3.8) is 0 Å². The number of carbonyl (C=O) groups excluding carboxylic acids is 3. The number of Topliss-reactive ketones (excluding diaryl/α,β-unsaturated/α-hetero) is 2. The largest absolute Gasteiger partial charge is 0.496 e. The molecule has 0 fully saturated rings. The van der Waals surface area contributed by atoms with Crippen molar-refractivity contribution >= 4 is 17.6 Å². The van der Waals surface area contributed by atoms with Crippen LogP contribution in [0.4, 0.5) is 4.79 Å². The van der Waals surface area contributed by atoms with Gasteiger partial charge in [0.15, 0.2) is 5.54 Å². The lowest BCUT2D eigenvalue weighted by atomic mass is 9.83. The fourth-order valence-corrected chi connectivity index (χ4v) is 3.56. The van der Waals surface area contributed by atoms with E-state index in [-0.39, 0.29) is 5.92 Å². The Bertz CT molecular complexity index is 914. The van der Waals surface area contributed by atoms with Crippen LogP contribution in [-0.2, 0) is 5.54 Å². The third-order valence-corrected chi connectivity index (χ3v) is 5.03. The van der Waals surface area contributed by atoms with Gasteiger partial charge in [0.25, 0.3) is 0 Å². The second-order valence-electron chi connectivity index (χ2n) is 7.05. The summed E-state index contributed by atoms with van der Waals surface area (Å²) >= 11 is 0. The Morgan fingerprint density at radius 3 is 2.18 bits per heavy atom. The van der Waals surface area contributed by atoms with Crippen LogP contribution in [0.3, 0.4) is 0 Å². The maximum absolute atomic E-state index is 13.4. The van der Waals surface area contributed by atoms with Crippen molar-refractivity contribution < 1.29 is 19.1 Å². The van der Waals surface area contributed by atoms with E-state index in [0.29, 0.717) is 29.0 Å². The molecule has 0 saturated carbocycles. The van der Waals surface area contributed by atoms with Gasteiger partial charge in [-0.2, -0.15) is 0 Å². The van der Waals surface area contributed by atoms with Gasteiger partial charge < -0.3 is 15.4 Å². The molecule has 0 saturated heterocycles. The lowest BCUT2D eigenvalue weighted by molar-refractivity contribution is 0.0759. The first-order valence-electron chi connectivity index (χ1n) is 9.29. The van der Waals surface area contributed by atoms with Crippen molar-refractivity contribution in [2.75, 3.05) is 13.7 Å². The molecule has 0 aliphatic heterocycles. The van der Waals surface area contributed by atoms with Crippen LogP contribution in [-0.4, -0.2) is 31.3 Å². The molecule has 2 N–H and O–H groups in total.